The summed E-state index contributed by atoms with van der Waals surface area (Å²) >= 11 is 0. The summed E-state index contributed by atoms with van der Waals surface area (Å²) in [4.78, 5) is 45.8. The number of ketones is 1. The molecule has 8 nitrogen and oxygen atoms in total. The molecule has 0 saturated heterocycles. The van der Waals surface area contributed by atoms with Gasteiger partial charge in [-0.3, -0.25) is 24.5 Å². The van der Waals surface area contributed by atoms with Gasteiger partial charge in [-0.2, -0.15) is 0 Å². The third-order valence-electron chi connectivity index (χ3n) is 4.60. The molecule has 3 atom stereocenters. The molecule has 28 heavy (non-hydrogen) atoms. The highest BCUT2D eigenvalue weighted by Crippen LogP contribution is 2.36. The van der Waals surface area contributed by atoms with E-state index in [0.29, 0.717) is 6.07 Å². The van der Waals surface area contributed by atoms with Crippen LogP contribution in [0.2, 0.25) is 0 Å². The van der Waals surface area contributed by atoms with Gasteiger partial charge in [0, 0.05) is 23.2 Å². The molecule has 0 spiro atoms. The van der Waals surface area contributed by atoms with Crippen molar-refractivity contribution in [3.05, 3.63) is 39.7 Å². The van der Waals surface area contributed by atoms with E-state index in [2.05, 4.69) is 0 Å². The van der Waals surface area contributed by atoms with E-state index in [4.69, 9.17) is 4.74 Å². The molecule has 1 saturated carbocycles. The standard InChI is InChI=1S/C17H17F3N2O6/c1-8-4-13(23)9(10(8)6-22(26)27)5-15(25)28-7-14(24)21-12-3-2-11(18)16(19)17(12)20/h2-3,8-10H,4-7H2,1H3,(H,21,24)/t8-,9-,10-/m1/s1. The maximum atomic E-state index is 13.5. The van der Waals surface area contributed by atoms with Crippen molar-refractivity contribution in [3.8, 4) is 0 Å². The Kier molecular flexibility index (Phi) is 6.71. The van der Waals surface area contributed by atoms with Crippen LogP contribution in [0.4, 0.5) is 18.9 Å². The molecule has 1 fully saturated rings. The normalized spacial score (nSPS) is 21.4. The van der Waals surface area contributed by atoms with Crippen molar-refractivity contribution in [2.45, 2.75) is 19.8 Å². The Labute approximate surface area is 157 Å². The van der Waals surface area contributed by atoms with Crippen molar-refractivity contribution in [3.63, 3.8) is 0 Å². The Morgan fingerprint density at radius 3 is 2.61 bits per heavy atom. The molecule has 0 aliphatic heterocycles. The third-order valence-corrected chi connectivity index (χ3v) is 4.60. The van der Waals surface area contributed by atoms with E-state index in [1.807, 2.05) is 5.32 Å². The number of carbonyl (C=O) groups is 3. The van der Waals surface area contributed by atoms with Gasteiger partial charge in [-0.15, -0.1) is 0 Å². The summed E-state index contributed by atoms with van der Waals surface area (Å²) in [7, 11) is 0. The lowest BCUT2D eigenvalue weighted by Gasteiger charge is -2.17. The SMILES string of the molecule is C[C@@H]1CC(=O)[C@H](CC(=O)OCC(=O)Nc2ccc(F)c(F)c2F)[C@@H]1C[N+](=O)[O-]. The number of ether oxygens (including phenoxy) is 1. The smallest absolute Gasteiger partial charge is 0.307 e. The van der Waals surface area contributed by atoms with Gasteiger partial charge in [0.25, 0.3) is 5.91 Å². The number of anilines is 1. The predicted octanol–water partition coefficient (Wildman–Crippen LogP) is 2.09. The molecule has 0 radical (unpaired) electrons. The topological polar surface area (TPSA) is 116 Å². The first kappa shape index (κ1) is 21.3. The first-order valence-electron chi connectivity index (χ1n) is 8.33. The Bertz CT molecular complexity index is 816. The number of esters is 1. The fraction of sp³-hybridized carbons (Fsp3) is 0.471. The average Bonchev–Trinajstić information content (AvgIpc) is 2.87. The minimum Gasteiger partial charge on any atom is -0.456 e. The van der Waals surface area contributed by atoms with Gasteiger partial charge < -0.3 is 10.1 Å². The van der Waals surface area contributed by atoms with Crippen molar-refractivity contribution in [1.82, 2.24) is 0 Å². The van der Waals surface area contributed by atoms with Crippen LogP contribution in [0.1, 0.15) is 19.8 Å². The Hall–Kier alpha value is -2.98. The number of amides is 1. The summed E-state index contributed by atoms with van der Waals surface area (Å²) in [6.45, 7) is 0.371. The predicted molar refractivity (Wildman–Crippen MR) is 88.2 cm³/mol. The molecular weight excluding hydrogens is 385 g/mol. The first-order chi connectivity index (χ1) is 13.1. The lowest BCUT2D eigenvalue weighted by Crippen LogP contribution is -2.28. The molecule has 1 aliphatic carbocycles. The number of hydrogen-bond acceptors (Lipinski definition) is 6. The number of carbonyl (C=O) groups excluding carboxylic acids is 3. The Morgan fingerprint density at radius 2 is 1.96 bits per heavy atom. The molecule has 0 aromatic heterocycles. The summed E-state index contributed by atoms with van der Waals surface area (Å²) in [5, 5.41) is 12.7. The number of Topliss-reactive ketones (excluding diaryl/α,β-unsaturated/α-hetero) is 1. The van der Waals surface area contributed by atoms with E-state index in [1.165, 1.54) is 0 Å². The van der Waals surface area contributed by atoms with E-state index in [0.717, 1.165) is 6.07 Å². The van der Waals surface area contributed by atoms with Crippen molar-refractivity contribution in [2.24, 2.45) is 17.8 Å². The van der Waals surface area contributed by atoms with Crippen molar-refractivity contribution in [2.75, 3.05) is 18.5 Å². The molecule has 1 amide bonds. The van der Waals surface area contributed by atoms with Crippen LogP contribution in [-0.4, -0.2) is 35.7 Å². The molecule has 152 valence electrons. The van der Waals surface area contributed by atoms with Gasteiger partial charge in [-0.05, 0) is 18.1 Å². The van der Waals surface area contributed by atoms with Gasteiger partial charge in [0.1, 0.15) is 5.78 Å². The molecule has 11 heteroatoms. The van der Waals surface area contributed by atoms with Crippen LogP contribution in [-0.2, 0) is 19.1 Å². The summed E-state index contributed by atoms with van der Waals surface area (Å²) in [6.07, 6.45) is -0.305. The lowest BCUT2D eigenvalue weighted by molar-refractivity contribution is -0.490. The molecule has 0 bridgehead atoms. The second-order valence-electron chi connectivity index (χ2n) is 6.57. The minimum atomic E-state index is -1.76. The zero-order valence-corrected chi connectivity index (χ0v) is 14.7. The quantitative estimate of drug-likeness (QED) is 0.323. The number of nitrogens with zero attached hydrogens (tertiary/aromatic N) is 1. The zero-order chi connectivity index (χ0) is 21.0. The van der Waals surface area contributed by atoms with Gasteiger partial charge in [-0.25, -0.2) is 13.2 Å². The number of nitro groups is 1. The van der Waals surface area contributed by atoms with Gasteiger partial charge in [-0.1, -0.05) is 6.92 Å². The fourth-order valence-electron chi connectivity index (χ4n) is 3.19. The average molecular weight is 402 g/mol. The molecule has 0 heterocycles. The molecular formula is C17H17F3N2O6. The molecule has 1 aromatic carbocycles. The van der Waals surface area contributed by atoms with Crippen molar-refractivity contribution in [1.29, 1.82) is 0 Å². The molecule has 0 unspecified atom stereocenters. The molecule has 1 aromatic rings. The highest BCUT2D eigenvalue weighted by molar-refractivity contribution is 5.93. The fourth-order valence-corrected chi connectivity index (χ4v) is 3.19. The van der Waals surface area contributed by atoms with Gasteiger partial charge in [0.15, 0.2) is 24.1 Å². The number of halogens is 3. The summed E-state index contributed by atoms with van der Waals surface area (Å²) in [5.41, 5.74) is -0.634. The van der Waals surface area contributed by atoms with Crippen LogP contribution < -0.4 is 5.32 Å². The summed E-state index contributed by atoms with van der Waals surface area (Å²) < 4.78 is 44.2. The number of rotatable bonds is 7. The van der Waals surface area contributed by atoms with Crippen LogP contribution in [0.3, 0.4) is 0 Å². The maximum Gasteiger partial charge on any atom is 0.307 e. The lowest BCUT2D eigenvalue weighted by atomic mass is 9.88. The first-order valence-corrected chi connectivity index (χ1v) is 8.33. The molecule has 2 rings (SSSR count). The summed E-state index contributed by atoms with van der Waals surface area (Å²) in [6, 6.07) is 1.41. The Balaban J connectivity index is 1.89. The highest BCUT2D eigenvalue weighted by atomic mass is 19.2. The van der Waals surface area contributed by atoms with Crippen LogP contribution in [0.25, 0.3) is 0 Å². The second kappa shape index (κ2) is 8.81. The monoisotopic (exact) mass is 402 g/mol. The third kappa shape index (κ3) is 5.05. The van der Waals surface area contributed by atoms with Crippen LogP contribution in [0, 0.1) is 45.3 Å². The van der Waals surface area contributed by atoms with E-state index in [9.17, 15) is 37.7 Å². The van der Waals surface area contributed by atoms with E-state index in [1.54, 1.807) is 6.92 Å². The number of hydrogen-bond donors (Lipinski definition) is 1. The maximum absolute atomic E-state index is 13.5. The number of benzene rings is 1. The Morgan fingerprint density at radius 1 is 1.29 bits per heavy atom. The van der Waals surface area contributed by atoms with Crippen LogP contribution >= 0.6 is 0 Å². The van der Waals surface area contributed by atoms with Crippen molar-refractivity contribution < 1.29 is 37.2 Å². The summed E-state index contributed by atoms with van der Waals surface area (Å²) in [5.74, 6) is -8.76. The number of nitrogens with one attached hydrogen (secondary N) is 1. The van der Waals surface area contributed by atoms with Crippen LogP contribution in [0.5, 0.6) is 0 Å². The van der Waals surface area contributed by atoms with Gasteiger partial charge >= 0.3 is 5.97 Å². The van der Waals surface area contributed by atoms with Gasteiger partial charge in [0.05, 0.1) is 12.1 Å². The largest absolute Gasteiger partial charge is 0.456 e. The van der Waals surface area contributed by atoms with E-state index >= 15 is 0 Å². The van der Waals surface area contributed by atoms with Crippen LogP contribution in [0.15, 0.2) is 12.1 Å². The minimum absolute atomic E-state index is 0.117. The van der Waals surface area contributed by atoms with Gasteiger partial charge in [0.2, 0.25) is 6.54 Å². The second-order valence-corrected chi connectivity index (χ2v) is 6.57. The highest BCUT2D eigenvalue weighted by Gasteiger charge is 2.44. The van der Waals surface area contributed by atoms with Crippen molar-refractivity contribution >= 4 is 23.3 Å². The van der Waals surface area contributed by atoms with E-state index in [-0.39, 0.29) is 18.1 Å². The zero-order valence-electron chi connectivity index (χ0n) is 14.7. The molecule has 1 aliphatic rings. The van der Waals surface area contributed by atoms with E-state index < -0.39 is 71.3 Å². The molecule has 1 N–H and O–H groups in total.